The fraction of sp³-hybridized carbons (Fsp3) is 0.533. The molecule has 0 spiro atoms. The molecule has 1 aromatic carbocycles. The second-order valence-electron chi connectivity index (χ2n) is 5.22. The zero-order valence-corrected chi connectivity index (χ0v) is 14.3. The van der Waals surface area contributed by atoms with Gasteiger partial charge in [-0.25, -0.2) is 0 Å². The molecule has 1 aliphatic heterocycles. The van der Waals surface area contributed by atoms with E-state index in [1.807, 2.05) is 24.3 Å². The van der Waals surface area contributed by atoms with Crippen LogP contribution in [0.1, 0.15) is 26.2 Å². The molecular formula is C15H22BrN3S. The first-order chi connectivity index (χ1) is 9.67. The van der Waals surface area contributed by atoms with Gasteiger partial charge in [-0.3, -0.25) is 0 Å². The lowest BCUT2D eigenvalue weighted by atomic mass is 10.1. The van der Waals surface area contributed by atoms with E-state index in [4.69, 9.17) is 12.2 Å². The largest absolute Gasteiger partial charge is 0.360 e. The van der Waals surface area contributed by atoms with Crippen molar-refractivity contribution in [1.82, 2.24) is 10.2 Å². The Morgan fingerprint density at radius 3 is 2.80 bits per heavy atom. The summed E-state index contributed by atoms with van der Waals surface area (Å²) in [7, 11) is 0. The minimum atomic E-state index is 0.496. The number of rotatable bonds is 4. The van der Waals surface area contributed by atoms with Crippen LogP contribution in [0.5, 0.6) is 0 Å². The SMILES string of the molecule is CCCN1CCC(NC(=S)Nc2cccc(Br)c2)CC1. The van der Waals surface area contributed by atoms with Crippen LogP contribution >= 0.6 is 28.1 Å². The average molecular weight is 356 g/mol. The molecule has 110 valence electrons. The zero-order valence-electron chi connectivity index (χ0n) is 11.9. The Bertz CT molecular complexity index is 444. The lowest BCUT2D eigenvalue weighted by Crippen LogP contribution is -2.45. The number of hydrogen-bond donors (Lipinski definition) is 2. The van der Waals surface area contributed by atoms with Gasteiger partial charge in [0.2, 0.25) is 0 Å². The molecule has 20 heavy (non-hydrogen) atoms. The minimum Gasteiger partial charge on any atom is -0.360 e. The van der Waals surface area contributed by atoms with Crippen LogP contribution in [0.25, 0.3) is 0 Å². The molecule has 1 fully saturated rings. The Balaban J connectivity index is 1.75. The molecule has 3 nitrogen and oxygen atoms in total. The Labute approximate surface area is 135 Å². The van der Waals surface area contributed by atoms with Crippen molar-refractivity contribution in [3.8, 4) is 0 Å². The third-order valence-corrected chi connectivity index (χ3v) is 4.26. The molecule has 0 saturated carbocycles. The van der Waals surface area contributed by atoms with E-state index in [2.05, 4.69) is 38.4 Å². The summed E-state index contributed by atoms with van der Waals surface area (Å²) >= 11 is 8.85. The van der Waals surface area contributed by atoms with Gasteiger partial charge < -0.3 is 15.5 Å². The number of anilines is 1. The fourth-order valence-corrected chi connectivity index (χ4v) is 3.22. The second kappa shape index (κ2) is 7.96. The van der Waals surface area contributed by atoms with E-state index < -0.39 is 0 Å². The van der Waals surface area contributed by atoms with Gasteiger partial charge in [-0.1, -0.05) is 28.9 Å². The molecule has 0 amide bonds. The van der Waals surface area contributed by atoms with Gasteiger partial charge in [0.05, 0.1) is 0 Å². The van der Waals surface area contributed by atoms with Crippen LogP contribution in [-0.4, -0.2) is 35.7 Å². The van der Waals surface area contributed by atoms with Gasteiger partial charge in [-0.15, -0.1) is 0 Å². The quantitative estimate of drug-likeness (QED) is 0.806. The van der Waals surface area contributed by atoms with Crippen molar-refractivity contribution >= 4 is 38.9 Å². The molecule has 0 aliphatic carbocycles. The molecule has 1 saturated heterocycles. The van der Waals surface area contributed by atoms with Gasteiger partial charge in [0, 0.05) is 29.3 Å². The number of benzene rings is 1. The maximum atomic E-state index is 5.39. The Morgan fingerprint density at radius 2 is 2.15 bits per heavy atom. The van der Waals surface area contributed by atoms with Crippen molar-refractivity contribution < 1.29 is 0 Å². The van der Waals surface area contributed by atoms with E-state index in [0.29, 0.717) is 6.04 Å². The van der Waals surface area contributed by atoms with Gasteiger partial charge >= 0.3 is 0 Å². The van der Waals surface area contributed by atoms with E-state index in [-0.39, 0.29) is 0 Å². The lowest BCUT2D eigenvalue weighted by Gasteiger charge is -2.32. The smallest absolute Gasteiger partial charge is 0.170 e. The predicted octanol–water partition coefficient (Wildman–Crippen LogP) is 3.61. The molecule has 1 aliphatic rings. The van der Waals surface area contributed by atoms with E-state index in [0.717, 1.165) is 15.3 Å². The maximum Gasteiger partial charge on any atom is 0.170 e. The summed E-state index contributed by atoms with van der Waals surface area (Å²) in [6, 6.07) is 8.54. The highest BCUT2D eigenvalue weighted by Crippen LogP contribution is 2.16. The first-order valence-electron chi connectivity index (χ1n) is 7.23. The van der Waals surface area contributed by atoms with Crippen LogP contribution in [0.2, 0.25) is 0 Å². The molecule has 0 aromatic heterocycles. The van der Waals surface area contributed by atoms with Crippen LogP contribution in [-0.2, 0) is 0 Å². The van der Waals surface area contributed by atoms with Crippen molar-refractivity contribution in [2.45, 2.75) is 32.2 Å². The van der Waals surface area contributed by atoms with Gasteiger partial charge in [-0.2, -0.15) is 0 Å². The van der Waals surface area contributed by atoms with E-state index in [1.54, 1.807) is 0 Å². The maximum absolute atomic E-state index is 5.39. The molecule has 1 aromatic rings. The highest BCUT2D eigenvalue weighted by Gasteiger charge is 2.18. The summed E-state index contributed by atoms with van der Waals surface area (Å²) in [5, 5.41) is 7.39. The second-order valence-corrected chi connectivity index (χ2v) is 6.55. The number of piperidine rings is 1. The topological polar surface area (TPSA) is 27.3 Å². The predicted molar refractivity (Wildman–Crippen MR) is 93.3 cm³/mol. The highest BCUT2D eigenvalue weighted by molar-refractivity contribution is 9.10. The molecule has 5 heteroatoms. The number of nitrogens with zero attached hydrogens (tertiary/aromatic N) is 1. The zero-order chi connectivity index (χ0) is 14.4. The van der Waals surface area contributed by atoms with Crippen LogP contribution in [0.15, 0.2) is 28.7 Å². The number of thiocarbonyl (C=S) groups is 1. The standard InChI is InChI=1S/C15H22BrN3S/c1-2-8-19-9-6-13(7-10-19)17-15(20)18-14-5-3-4-12(16)11-14/h3-5,11,13H,2,6-10H2,1H3,(H2,17,18,20). The van der Waals surface area contributed by atoms with Crippen molar-refractivity contribution in [3.05, 3.63) is 28.7 Å². The van der Waals surface area contributed by atoms with Gasteiger partial charge in [0.1, 0.15) is 0 Å². The molecule has 0 unspecified atom stereocenters. The van der Waals surface area contributed by atoms with Crippen molar-refractivity contribution in [2.75, 3.05) is 25.0 Å². The van der Waals surface area contributed by atoms with Gasteiger partial charge in [0.25, 0.3) is 0 Å². The fourth-order valence-electron chi connectivity index (χ4n) is 2.54. The number of nitrogens with one attached hydrogen (secondary N) is 2. The first-order valence-corrected chi connectivity index (χ1v) is 8.43. The van der Waals surface area contributed by atoms with Gasteiger partial charge in [-0.05, 0) is 56.2 Å². The summed E-state index contributed by atoms with van der Waals surface area (Å²) in [6.07, 6.45) is 3.57. The molecule has 0 atom stereocenters. The van der Waals surface area contributed by atoms with Crippen LogP contribution < -0.4 is 10.6 Å². The molecule has 0 radical (unpaired) electrons. The van der Waals surface area contributed by atoms with E-state index in [9.17, 15) is 0 Å². The Kier molecular flexibility index (Phi) is 6.26. The monoisotopic (exact) mass is 355 g/mol. The summed E-state index contributed by atoms with van der Waals surface area (Å²) in [5.41, 5.74) is 1.01. The minimum absolute atomic E-state index is 0.496. The normalized spacial score (nSPS) is 16.9. The van der Waals surface area contributed by atoms with Crippen molar-refractivity contribution in [3.63, 3.8) is 0 Å². The molecular weight excluding hydrogens is 334 g/mol. The summed E-state index contributed by atoms with van der Waals surface area (Å²) < 4.78 is 1.05. The van der Waals surface area contributed by atoms with Crippen LogP contribution in [0.4, 0.5) is 5.69 Å². The third kappa shape index (κ3) is 5.04. The summed E-state index contributed by atoms with van der Waals surface area (Å²) in [6.45, 7) is 5.80. The third-order valence-electron chi connectivity index (χ3n) is 3.55. The first kappa shape index (κ1) is 15.7. The number of halogens is 1. The molecule has 1 heterocycles. The van der Waals surface area contributed by atoms with Crippen molar-refractivity contribution in [2.24, 2.45) is 0 Å². The van der Waals surface area contributed by atoms with Gasteiger partial charge in [0.15, 0.2) is 5.11 Å². The van der Waals surface area contributed by atoms with Crippen LogP contribution in [0.3, 0.4) is 0 Å². The van der Waals surface area contributed by atoms with E-state index in [1.165, 1.54) is 38.9 Å². The van der Waals surface area contributed by atoms with Crippen molar-refractivity contribution in [1.29, 1.82) is 0 Å². The Hall–Kier alpha value is -0.650. The molecule has 2 N–H and O–H groups in total. The Morgan fingerprint density at radius 1 is 1.40 bits per heavy atom. The number of hydrogen-bond acceptors (Lipinski definition) is 2. The summed E-state index contributed by atoms with van der Waals surface area (Å²) in [4.78, 5) is 2.53. The molecule has 2 rings (SSSR count). The lowest BCUT2D eigenvalue weighted by molar-refractivity contribution is 0.207. The number of likely N-dealkylation sites (tertiary alicyclic amines) is 1. The molecule has 0 bridgehead atoms. The highest BCUT2D eigenvalue weighted by atomic mass is 79.9. The summed E-state index contributed by atoms with van der Waals surface area (Å²) in [5.74, 6) is 0. The average Bonchev–Trinajstić information content (AvgIpc) is 2.41. The van der Waals surface area contributed by atoms with E-state index >= 15 is 0 Å². The van der Waals surface area contributed by atoms with Crippen LogP contribution in [0, 0.1) is 0 Å².